The van der Waals surface area contributed by atoms with Gasteiger partial charge in [-0.1, -0.05) is 20.3 Å². The Balaban J connectivity index is 2.19. The number of thioether (sulfide) groups is 1. The van der Waals surface area contributed by atoms with E-state index in [2.05, 4.69) is 13.8 Å². The number of carbonyl (C=O) groups is 1. The molecule has 1 aliphatic rings. The van der Waals surface area contributed by atoms with Crippen molar-refractivity contribution in [3.05, 3.63) is 0 Å². The fourth-order valence-electron chi connectivity index (χ4n) is 1.36. The Morgan fingerprint density at radius 2 is 2.31 bits per heavy atom. The third-order valence-electron chi connectivity index (χ3n) is 2.82. The van der Waals surface area contributed by atoms with Gasteiger partial charge in [0.1, 0.15) is 0 Å². The second kappa shape index (κ2) is 4.89. The van der Waals surface area contributed by atoms with E-state index in [0.29, 0.717) is 5.25 Å². The highest BCUT2D eigenvalue weighted by atomic mass is 32.2. The van der Waals surface area contributed by atoms with Gasteiger partial charge in [0.15, 0.2) is 0 Å². The Bertz CT molecular complexity index is 182. The summed E-state index contributed by atoms with van der Waals surface area (Å²) in [4.78, 5) is 10.7. The number of hydrogen-bond donors (Lipinski definition) is 1. The Labute approximate surface area is 84.1 Å². The molecule has 0 spiro atoms. The molecule has 0 aromatic rings. The predicted molar refractivity (Wildman–Crippen MR) is 56.1 cm³/mol. The Morgan fingerprint density at radius 3 is 2.69 bits per heavy atom. The minimum Gasteiger partial charge on any atom is -0.481 e. The molecular weight excluding hydrogens is 184 g/mol. The molecule has 2 nitrogen and oxygen atoms in total. The first-order valence-electron chi connectivity index (χ1n) is 4.99. The molecule has 0 aromatic heterocycles. The highest BCUT2D eigenvalue weighted by Gasteiger charge is 2.36. The van der Waals surface area contributed by atoms with Gasteiger partial charge in [0, 0.05) is 5.25 Å². The standard InChI is InChI=1S/C10H18O2S/c1-3-7(2)6-13-9-5-4-8(9)10(11)12/h7-9H,3-6H2,1-2H3,(H,11,12). The first-order chi connectivity index (χ1) is 6.15. The lowest BCUT2D eigenvalue weighted by Crippen LogP contribution is -2.35. The molecular formula is C10H18O2S. The summed E-state index contributed by atoms with van der Waals surface area (Å²) in [6.45, 7) is 4.40. The predicted octanol–water partition coefficient (Wildman–Crippen LogP) is 2.63. The second-order valence-corrected chi connectivity index (χ2v) is 5.18. The molecule has 0 heterocycles. The molecule has 0 saturated heterocycles. The maximum Gasteiger partial charge on any atom is 0.307 e. The average Bonchev–Trinajstić information content (AvgIpc) is 2.01. The van der Waals surface area contributed by atoms with Gasteiger partial charge in [-0.15, -0.1) is 0 Å². The molecule has 0 amide bonds. The molecule has 0 radical (unpaired) electrons. The number of aliphatic carboxylic acids is 1. The molecule has 0 aromatic carbocycles. The van der Waals surface area contributed by atoms with E-state index in [4.69, 9.17) is 5.11 Å². The van der Waals surface area contributed by atoms with Crippen molar-refractivity contribution in [1.82, 2.24) is 0 Å². The molecule has 0 aliphatic heterocycles. The van der Waals surface area contributed by atoms with E-state index in [-0.39, 0.29) is 5.92 Å². The third kappa shape index (κ3) is 2.90. The highest BCUT2D eigenvalue weighted by molar-refractivity contribution is 8.00. The molecule has 1 aliphatic carbocycles. The smallest absolute Gasteiger partial charge is 0.307 e. The lowest BCUT2D eigenvalue weighted by atomic mass is 9.85. The first-order valence-corrected chi connectivity index (χ1v) is 6.04. The molecule has 1 saturated carbocycles. The fourth-order valence-corrected chi connectivity index (χ4v) is 2.96. The van der Waals surface area contributed by atoms with Gasteiger partial charge in [-0.25, -0.2) is 0 Å². The van der Waals surface area contributed by atoms with E-state index in [9.17, 15) is 4.79 Å². The fraction of sp³-hybridized carbons (Fsp3) is 0.900. The highest BCUT2D eigenvalue weighted by Crippen LogP contribution is 2.38. The van der Waals surface area contributed by atoms with Crippen LogP contribution in [0.4, 0.5) is 0 Å². The van der Waals surface area contributed by atoms with E-state index in [1.807, 2.05) is 11.8 Å². The summed E-state index contributed by atoms with van der Waals surface area (Å²) in [6, 6.07) is 0. The van der Waals surface area contributed by atoms with Crippen LogP contribution < -0.4 is 0 Å². The number of carboxylic acids is 1. The molecule has 1 N–H and O–H groups in total. The van der Waals surface area contributed by atoms with Crippen LogP contribution in [0.3, 0.4) is 0 Å². The zero-order valence-corrected chi connectivity index (χ0v) is 9.14. The normalized spacial score (nSPS) is 29.4. The van der Waals surface area contributed by atoms with Crippen LogP contribution in [-0.2, 0) is 4.79 Å². The van der Waals surface area contributed by atoms with Crippen LogP contribution in [0, 0.1) is 11.8 Å². The quantitative estimate of drug-likeness (QED) is 0.744. The van der Waals surface area contributed by atoms with Crippen molar-refractivity contribution in [2.45, 2.75) is 38.4 Å². The van der Waals surface area contributed by atoms with Crippen LogP contribution in [0.25, 0.3) is 0 Å². The third-order valence-corrected chi connectivity index (χ3v) is 4.57. The van der Waals surface area contributed by atoms with Gasteiger partial charge in [-0.2, -0.15) is 11.8 Å². The van der Waals surface area contributed by atoms with Crippen molar-refractivity contribution in [3.8, 4) is 0 Å². The van der Waals surface area contributed by atoms with Crippen LogP contribution in [0.2, 0.25) is 0 Å². The van der Waals surface area contributed by atoms with Crippen molar-refractivity contribution in [1.29, 1.82) is 0 Å². The van der Waals surface area contributed by atoms with Gasteiger partial charge >= 0.3 is 5.97 Å². The van der Waals surface area contributed by atoms with Crippen molar-refractivity contribution in [3.63, 3.8) is 0 Å². The van der Waals surface area contributed by atoms with Crippen LogP contribution in [0.1, 0.15) is 33.1 Å². The molecule has 76 valence electrons. The molecule has 0 bridgehead atoms. The summed E-state index contributed by atoms with van der Waals surface area (Å²) >= 11 is 1.85. The van der Waals surface area contributed by atoms with E-state index < -0.39 is 5.97 Å². The van der Waals surface area contributed by atoms with E-state index >= 15 is 0 Å². The first kappa shape index (κ1) is 10.9. The van der Waals surface area contributed by atoms with Gasteiger partial charge in [0.05, 0.1) is 5.92 Å². The summed E-state index contributed by atoms with van der Waals surface area (Å²) in [5, 5.41) is 9.21. The molecule has 3 heteroatoms. The Morgan fingerprint density at radius 1 is 1.62 bits per heavy atom. The van der Waals surface area contributed by atoms with E-state index in [1.165, 1.54) is 6.42 Å². The minimum absolute atomic E-state index is 0.0611. The lowest BCUT2D eigenvalue weighted by molar-refractivity contribution is -0.144. The van der Waals surface area contributed by atoms with Gasteiger partial charge in [-0.05, 0) is 24.5 Å². The van der Waals surface area contributed by atoms with Gasteiger partial charge in [0.25, 0.3) is 0 Å². The second-order valence-electron chi connectivity index (χ2n) is 3.91. The van der Waals surface area contributed by atoms with E-state index in [1.54, 1.807) is 0 Å². The lowest BCUT2D eigenvalue weighted by Gasteiger charge is -2.33. The van der Waals surface area contributed by atoms with Crippen LogP contribution in [-0.4, -0.2) is 22.1 Å². The molecule has 13 heavy (non-hydrogen) atoms. The molecule has 1 rings (SSSR count). The summed E-state index contributed by atoms with van der Waals surface area (Å²) in [7, 11) is 0. The average molecular weight is 202 g/mol. The van der Waals surface area contributed by atoms with Crippen LogP contribution in [0.15, 0.2) is 0 Å². The summed E-state index contributed by atoms with van der Waals surface area (Å²) < 4.78 is 0. The Kier molecular flexibility index (Phi) is 4.10. The van der Waals surface area contributed by atoms with E-state index in [0.717, 1.165) is 24.5 Å². The van der Waals surface area contributed by atoms with Crippen molar-refractivity contribution in [2.75, 3.05) is 5.75 Å². The van der Waals surface area contributed by atoms with Crippen molar-refractivity contribution in [2.24, 2.45) is 11.8 Å². The van der Waals surface area contributed by atoms with Crippen LogP contribution in [0.5, 0.6) is 0 Å². The van der Waals surface area contributed by atoms with Crippen molar-refractivity contribution < 1.29 is 9.90 Å². The SMILES string of the molecule is CCC(C)CSC1CCC1C(=O)O. The summed E-state index contributed by atoms with van der Waals surface area (Å²) in [5.41, 5.74) is 0. The topological polar surface area (TPSA) is 37.3 Å². The summed E-state index contributed by atoms with van der Waals surface area (Å²) in [5.74, 6) is 1.17. The number of hydrogen-bond acceptors (Lipinski definition) is 2. The molecule has 1 fully saturated rings. The number of rotatable bonds is 5. The molecule has 3 unspecified atom stereocenters. The number of carboxylic acid groups (broad SMARTS) is 1. The zero-order chi connectivity index (χ0) is 9.84. The molecule has 3 atom stereocenters. The maximum absolute atomic E-state index is 10.7. The van der Waals surface area contributed by atoms with Gasteiger partial charge in [0.2, 0.25) is 0 Å². The Hall–Kier alpha value is -0.180. The van der Waals surface area contributed by atoms with Crippen LogP contribution >= 0.6 is 11.8 Å². The largest absolute Gasteiger partial charge is 0.481 e. The monoisotopic (exact) mass is 202 g/mol. The zero-order valence-electron chi connectivity index (χ0n) is 8.32. The maximum atomic E-state index is 10.7. The van der Waals surface area contributed by atoms with Crippen molar-refractivity contribution >= 4 is 17.7 Å². The minimum atomic E-state index is -0.604. The van der Waals surface area contributed by atoms with Gasteiger partial charge < -0.3 is 5.11 Å². The van der Waals surface area contributed by atoms with Gasteiger partial charge in [-0.3, -0.25) is 4.79 Å². The summed E-state index contributed by atoms with van der Waals surface area (Å²) in [6.07, 6.45) is 3.17.